The molecule has 0 N–H and O–H groups in total. The second-order valence-corrected chi connectivity index (χ2v) is 4.70. The van der Waals surface area contributed by atoms with Crippen LogP contribution in [0.2, 0.25) is 0 Å². The maximum atomic E-state index is 11.0. The molecule has 1 aromatic heterocycles. The highest BCUT2D eigenvalue weighted by Gasteiger charge is 2.17. The van der Waals surface area contributed by atoms with Crippen LogP contribution in [-0.4, -0.2) is 15.2 Å². The number of nitro groups is 1. The molecule has 0 aliphatic heterocycles. The topological polar surface area (TPSA) is 82.1 Å². The number of benzene rings is 2. The molecular weight excluding hydrogens is 258 g/mol. The van der Waals surface area contributed by atoms with Crippen molar-refractivity contribution in [3.05, 3.63) is 51.6 Å². The molecule has 2 aromatic carbocycles. The van der Waals surface area contributed by atoms with Gasteiger partial charge in [-0.05, 0) is 35.3 Å². The second kappa shape index (κ2) is 4.41. The molecule has 0 radical (unpaired) electrons. The number of nitrogens with zero attached hydrogens (tertiary/aromatic N) is 3. The summed E-state index contributed by atoms with van der Waals surface area (Å²) < 4.78 is 4.71. The van der Waals surface area contributed by atoms with Crippen molar-refractivity contribution >= 4 is 16.7 Å². The predicted octanol–water partition coefficient (Wildman–Crippen LogP) is 3.41. The quantitative estimate of drug-likeness (QED) is 0.526. The minimum atomic E-state index is -0.442. The van der Waals surface area contributed by atoms with Gasteiger partial charge in [0.05, 0.1) is 4.92 Å². The maximum absolute atomic E-state index is 11.0. The van der Waals surface area contributed by atoms with Gasteiger partial charge in [-0.2, -0.15) is 0 Å². The Balaban J connectivity index is 2.36. The first-order chi connectivity index (χ1) is 9.56. The van der Waals surface area contributed by atoms with E-state index in [1.54, 1.807) is 0 Å². The van der Waals surface area contributed by atoms with Crippen molar-refractivity contribution in [2.24, 2.45) is 0 Å². The van der Waals surface area contributed by atoms with E-state index in [-0.39, 0.29) is 5.69 Å². The number of fused-ring (bicyclic) bond motifs is 1. The van der Waals surface area contributed by atoms with Gasteiger partial charge in [0.1, 0.15) is 11.0 Å². The summed E-state index contributed by atoms with van der Waals surface area (Å²) in [4.78, 5) is 10.6. The van der Waals surface area contributed by atoms with E-state index in [4.69, 9.17) is 4.63 Å². The molecule has 0 saturated heterocycles. The highest BCUT2D eigenvalue weighted by molar-refractivity contribution is 5.94. The van der Waals surface area contributed by atoms with Gasteiger partial charge in [-0.3, -0.25) is 10.1 Å². The first kappa shape index (κ1) is 12.3. The van der Waals surface area contributed by atoms with Crippen molar-refractivity contribution in [2.45, 2.75) is 13.8 Å². The number of rotatable bonds is 2. The van der Waals surface area contributed by atoms with Gasteiger partial charge in [0.2, 0.25) is 0 Å². The van der Waals surface area contributed by atoms with Crippen LogP contribution in [-0.2, 0) is 0 Å². The van der Waals surface area contributed by atoms with Crippen molar-refractivity contribution in [3.63, 3.8) is 0 Å². The fraction of sp³-hybridized carbons (Fsp3) is 0.143. The molecule has 100 valence electrons. The van der Waals surface area contributed by atoms with E-state index >= 15 is 0 Å². The van der Waals surface area contributed by atoms with Crippen molar-refractivity contribution in [3.8, 4) is 11.1 Å². The summed E-state index contributed by atoms with van der Waals surface area (Å²) in [6.07, 6.45) is 0. The zero-order valence-corrected chi connectivity index (χ0v) is 11.0. The fourth-order valence-corrected chi connectivity index (χ4v) is 2.21. The molecule has 3 aromatic rings. The lowest BCUT2D eigenvalue weighted by atomic mass is 9.97. The summed E-state index contributed by atoms with van der Waals surface area (Å²) in [7, 11) is 0. The van der Waals surface area contributed by atoms with Gasteiger partial charge in [-0.15, -0.1) is 0 Å². The second-order valence-electron chi connectivity index (χ2n) is 4.70. The zero-order valence-electron chi connectivity index (χ0n) is 11.0. The minimum absolute atomic E-state index is 0.0240. The summed E-state index contributed by atoms with van der Waals surface area (Å²) in [5, 5.41) is 18.6. The summed E-state index contributed by atoms with van der Waals surface area (Å²) in [6.45, 7) is 3.92. The van der Waals surface area contributed by atoms with Crippen LogP contribution in [0, 0.1) is 24.0 Å². The van der Waals surface area contributed by atoms with Crippen molar-refractivity contribution < 1.29 is 9.55 Å². The molecule has 0 spiro atoms. The van der Waals surface area contributed by atoms with E-state index in [2.05, 4.69) is 10.3 Å². The highest BCUT2D eigenvalue weighted by Crippen LogP contribution is 2.33. The van der Waals surface area contributed by atoms with Crippen LogP contribution in [0.25, 0.3) is 22.2 Å². The van der Waals surface area contributed by atoms with Gasteiger partial charge >= 0.3 is 0 Å². The molecule has 0 unspecified atom stereocenters. The molecule has 0 aliphatic rings. The molecule has 6 heteroatoms. The Morgan fingerprint density at radius 1 is 1.10 bits per heavy atom. The Labute approximate surface area is 114 Å². The van der Waals surface area contributed by atoms with Gasteiger partial charge in [-0.1, -0.05) is 23.8 Å². The Bertz CT molecular complexity index is 824. The molecule has 0 amide bonds. The molecule has 0 saturated carbocycles. The van der Waals surface area contributed by atoms with Gasteiger partial charge in [0.25, 0.3) is 5.69 Å². The summed E-state index contributed by atoms with van der Waals surface area (Å²) in [5.74, 6) is 0. The lowest BCUT2D eigenvalue weighted by Crippen LogP contribution is -1.92. The predicted molar refractivity (Wildman–Crippen MR) is 73.4 cm³/mol. The largest absolute Gasteiger partial charge is 0.272 e. The Kier molecular flexibility index (Phi) is 2.71. The van der Waals surface area contributed by atoms with E-state index in [0.717, 1.165) is 16.7 Å². The number of hydrogen-bond donors (Lipinski definition) is 0. The lowest BCUT2D eigenvalue weighted by Gasteiger charge is -2.07. The van der Waals surface area contributed by atoms with E-state index in [1.807, 2.05) is 32.0 Å². The van der Waals surface area contributed by atoms with E-state index < -0.39 is 4.92 Å². The van der Waals surface area contributed by atoms with Gasteiger partial charge in [0.15, 0.2) is 0 Å². The third-order valence-corrected chi connectivity index (χ3v) is 3.24. The lowest BCUT2D eigenvalue weighted by molar-refractivity contribution is -0.384. The van der Waals surface area contributed by atoms with E-state index in [1.165, 1.54) is 12.1 Å². The summed E-state index contributed by atoms with van der Waals surface area (Å²) in [6, 6.07) is 8.81. The molecule has 6 nitrogen and oxygen atoms in total. The molecule has 1 heterocycles. The van der Waals surface area contributed by atoms with Gasteiger partial charge in [0, 0.05) is 17.7 Å². The Hall–Kier alpha value is -2.76. The van der Waals surface area contributed by atoms with Gasteiger partial charge in [-0.25, -0.2) is 4.63 Å². The average molecular weight is 269 g/mol. The molecule has 0 bridgehead atoms. The highest BCUT2D eigenvalue weighted by atomic mass is 16.6. The summed E-state index contributed by atoms with van der Waals surface area (Å²) >= 11 is 0. The monoisotopic (exact) mass is 269 g/mol. The van der Waals surface area contributed by atoms with E-state index in [0.29, 0.717) is 16.6 Å². The number of non-ortho nitro benzene ring substituents is 1. The van der Waals surface area contributed by atoms with Gasteiger partial charge < -0.3 is 0 Å². The molecule has 0 aliphatic carbocycles. The standard InChI is InChI=1S/C14H11N3O3/c1-8-3-4-9(2)11(5-8)12-6-10(17(18)19)7-13-14(12)16-20-15-13/h3-7H,1-2H3. The Morgan fingerprint density at radius 2 is 1.90 bits per heavy atom. The molecule has 0 fully saturated rings. The minimum Gasteiger partial charge on any atom is -0.258 e. The molecule has 20 heavy (non-hydrogen) atoms. The molecule has 0 atom stereocenters. The van der Waals surface area contributed by atoms with Crippen molar-refractivity contribution in [1.29, 1.82) is 0 Å². The molecular formula is C14H11N3O3. The number of aryl methyl sites for hydroxylation is 2. The smallest absolute Gasteiger partial charge is 0.258 e. The van der Waals surface area contributed by atoms with Crippen LogP contribution >= 0.6 is 0 Å². The fourth-order valence-electron chi connectivity index (χ4n) is 2.21. The third-order valence-electron chi connectivity index (χ3n) is 3.24. The zero-order chi connectivity index (χ0) is 14.3. The maximum Gasteiger partial charge on any atom is 0.272 e. The van der Waals surface area contributed by atoms with E-state index in [9.17, 15) is 10.1 Å². The van der Waals surface area contributed by atoms with Crippen LogP contribution in [0.15, 0.2) is 35.0 Å². The number of hydrogen-bond acceptors (Lipinski definition) is 5. The SMILES string of the molecule is Cc1ccc(C)c(-c2cc([N+](=O)[O-])cc3nonc23)c1. The van der Waals surface area contributed by atoms with Crippen LogP contribution in [0.3, 0.4) is 0 Å². The Morgan fingerprint density at radius 3 is 2.65 bits per heavy atom. The first-order valence-electron chi connectivity index (χ1n) is 6.04. The van der Waals surface area contributed by atoms with Crippen LogP contribution < -0.4 is 0 Å². The van der Waals surface area contributed by atoms with Crippen molar-refractivity contribution in [2.75, 3.05) is 0 Å². The number of nitro benzene ring substituents is 1. The van der Waals surface area contributed by atoms with Crippen LogP contribution in [0.1, 0.15) is 11.1 Å². The third kappa shape index (κ3) is 1.91. The van der Waals surface area contributed by atoms with Crippen LogP contribution in [0.5, 0.6) is 0 Å². The van der Waals surface area contributed by atoms with Crippen LogP contribution in [0.4, 0.5) is 5.69 Å². The average Bonchev–Trinajstić information content (AvgIpc) is 2.88. The molecule has 3 rings (SSSR count). The normalized spacial score (nSPS) is 10.9. The van der Waals surface area contributed by atoms with Crippen molar-refractivity contribution in [1.82, 2.24) is 10.3 Å². The first-order valence-corrected chi connectivity index (χ1v) is 6.04. The summed E-state index contributed by atoms with van der Waals surface area (Å²) in [5.41, 5.74) is 4.54. The number of aromatic nitrogens is 2.